The van der Waals surface area contributed by atoms with Crippen LogP contribution in [0.25, 0.3) is 0 Å². The number of nitrogens with zero attached hydrogens (tertiary/aromatic N) is 1. The summed E-state index contributed by atoms with van der Waals surface area (Å²) in [5.74, 6) is 1.13. The minimum atomic E-state index is -0.420. The highest BCUT2D eigenvalue weighted by atomic mass is 16.5. The van der Waals surface area contributed by atoms with Gasteiger partial charge in [-0.1, -0.05) is 12.2 Å². The van der Waals surface area contributed by atoms with Crippen molar-refractivity contribution in [2.45, 2.75) is 39.2 Å². The summed E-state index contributed by atoms with van der Waals surface area (Å²) >= 11 is 0. The quantitative estimate of drug-likeness (QED) is 0.752. The van der Waals surface area contributed by atoms with Crippen LogP contribution in [-0.4, -0.2) is 19.3 Å². The van der Waals surface area contributed by atoms with Crippen LogP contribution in [0, 0.1) is 16.7 Å². The summed E-state index contributed by atoms with van der Waals surface area (Å²) in [7, 11) is 0. The molecular formula is C14H19NO2. The van der Waals surface area contributed by atoms with Crippen LogP contribution >= 0.6 is 0 Å². The Bertz CT molecular complexity index is 388. The maximum absolute atomic E-state index is 8.93. The van der Waals surface area contributed by atoms with Gasteiger partial charge in [-0.3, -0.25) is 0 Å². The van der Waals surface area contributed by atoms with Crippen LogP contribution in [0.3, 0.4) is 0 Å². The zero-order valence-corrected chi connectivity index (χ0v) is 10.5. The van der Waals surface area contributed by atoms with Gasteiger partial charge in [0.25, 0.3) is 0 Å². The smallest absolute Gasteiger partial charge is 0.114 e. The highest BCUT2D eigenvalue weighted by Gasteiger charge is 2.25. The Labute approximate surface area is 103 Å². The van der Waals surface area contributed by atoms with Crippen molar-refractivity contribution in [3.05, 3.63) is 23.5 Å². The Morgan fingerprint density at radius 2 is 2.41 bits per heavy atom. The molecule has 1 aliphatic heterocycles. The minimum Gasteiger partial charge on any atom is -0.495 e. The van der Waals surface area contributed by atoms with Gasteiger partial charge in [-0.25, -0.2) is 0 Å². The van der Waals surface area contributed by atoms with E-state index in [1.54, 1.807) is 0 Å². The number of hydrogen-bond acceptors (Lipinski definition) is 3. The van der Waals surface area contributed by atoms with E-state index in [1.165, 1.54) is 5.57 Å². The first-order valence-corrected chi connectivity index (χ1v) is 6.15. The Kier molecular flexibility index (Phi) is 3.54. The van der Waals surface area contributed by atoms with Crippen molar-refractivity contribution in [3.8, 4) is 6.07 Å². The molecule has 0 radical (unpaired) electrons. The van der Waals surface area contributed by atoms with Crippen LogP contribution in [0.2, 0.25) is 0 Å². The second-order valence-electron chi connectivity index (χ2n) is 5.33. The zero-order valence-electron chi connectivity index (χ0n) is 10.5. The van der Waals surface area contributed by atoms with E-state index in [1.807, 2.05) is 13.8 Å². The molecule has 0 spiro atoms. The Morgan fingerprint density at radius 3 is 3.18 bits per heavy atom. The van der Waals surface area contributed by atoms with E-state index in [4.69, 9.17) is 14.7 Å². The average molecular weight is 233 g/mol. The van der Waals surface area contributed by atoms with Gasteiger partial charge in [-0.15, -0.1) is 0 Å². The highest BCUT2D eigenvalue weighted by molar-refractivity contribution is 5.28. The first-order valence-electron chi connectivity index (χ1n) is 6.15. The van der Waals surface area contributed by atoms with Gasteiger partial charge in [0.05, 0.1) is 30.0 Å². The maximum atomic E-state index is 8.93. The number of hydrogen-bond donors (Lipinski definition) is 0. The third-order valence-corrected chi connectivity index (χ3v) is 3.09. The lowest BCUT2D eigenvalue weighted by Gasteiger charge is -2.29. The summed E-state index contributed by atoms with van der Waals surface area (Å²) in [6.45, 7) is 4.86. The molecule has 3 heteroatoms. The normalized spacial score (nSPS) is 23.9. The molecule has 17 heavy (non-hydrogen) atoms. The summed E-state index contributed by atoms with van der Waals surface area (Å²) < 4.78 is 11.5. The van der Waals surface area contributed by atoms with Crippen molar-refractivity contribution in [1.29, 1.82) is 5.26 Å². The van der Waals surface area contributed by atoms with E-state index in [9.17, 15) is 0 Å². The standard InChI is InChI=1S/C14H19NO2/c1-14(2,9-15)10-17-12-7-11-5-3-4-6-13(11)16-8-12/h3,5,12H,4,6-8,10H2,1-2H3. The summed E-state index contributed by atoms with van der Waals surface area (Å²) in [5.41, 5.74) is 0.846. The maximum Gasteiger partial charge on any atom is 0.114 e. The van der Waals surface area contributed by atoms with Crippen LogP contribution < -0.4 is 0 Å². The Morgan fingerprint density at radius 1 is 1.59 bits per heavy atom. The second kappa shape index (κ2) is 4.93. The van der Waals surface area contributed by atoms with Crippen molar-refractivity contribution in [1.82, 2.24) is 0 Å². The minimum absolute atomic E-state index is 0.0872. The third-order valence-electron chi connectivity index (χ3n) is 3.09. The van der Waals surface area contributed by atoms with Gasteiger partial charge in [0, 0.05) is 12.8 Å². The molecule has 0 saturated carbocycles. The Balaban J connectivity index is 1.88. The van der Waals surface area contributed by atoms with E-state index in [0.717, 1.165) is 25.0 Å². The largest absolute Gasteiger partial charge is 0.495 e. The zero-order chi connectivity index (χ0) is 12.3. The van der Waals surface area contributed by atoms with Gasteiger partial charge in [-0.2, -0.15) is 5.26 Å². The lowest BCUT2D eigenvalue weighted by Crippen LogP contribution is -2.30. The molecule has 3 nitrogen and oxygen atoms in total. The first kappa shape index (κ1) is 12.2. The molecular weight excluding hydrogens is 214 g/mol. The lowest BCUT2D eigenvalue weighted by atomic mass is 9.96. The van der Waals surface area contributed by atoms with Gasteiger partial charge >= 0.3 is 0 Å². The summed E-state index contributed by atoms with van der Waals surface area (Å²) in [6.07, 6.45) is 7.42. The number of rotatable bonds is 3. The Hall–Kier alpha value is -1.27. The third kappa shape index (κ3) is 3.10. The fourth-order valence-electron chi connectivity index (χ4n) is 2.00. The average Bonchev–Trinajstić information content (AvgIpc) is 2.36. The number of nitriles is 1. The number of ether oxygens (including phenoxy) is 2. The molecule has 0 aromatic rings. The van der Waals surface area contributed by atoms with E-state index >= 15 is 0 Å². The molecule has 1 atom stereocenters. The first-order chi connectivity index (χ1) is 8.11. The van der Waals surface area contributed by atoms with E-state index in [0.29, 0.717) is 13.2 Å². The molecule has 1 unspecified atom stereocenters. The van der Waals surface area contributed by atoms with E-state index < -0.39 is 5.41 Å². The molecule has 0 amide bonds. The fraction of sp³-hybridized carbons (Fsp3) is 0.643. The van der Waals surface area contributed by atoms with Crippen LogP contribution in [0.4, 0.5) is 0 Å². The molecule has 1 aliphatic carbocycles. The monoisotopic (exact) mass is 233 g/mol. The molecule has 0 aromatic carbocycles. The topological polar surface area (TPSA) is 42.2 Å². The second-order valence-corrected chi connectivity index (χ2v) is 5.33. The molecule has 2 rings (SSSR count). The fourth-order valence-corrected chi connectivity index (χ4v) is 2.00. The van der Waals surface area contributed by atoms with Crippen molar-refractivity contribution < 1.29 is 9.47 Å². The van der Waals surface area contributed by atoms with Crippen molar-refractivity contribution in [3.63, 3.8) is 0 Å². The molecule has 92 valence electrons. The van der Waals surface area contributed by atoms with Gasteiger partial charge in [0.1, 0.15) is 6.61 Å². The van der Waals surface area contributed by atoms with Crippen LogP contribution in [0.1, 0.15) is 33.1 Å². The van der Waals surface area contributed by atoms with Crippen LogP contribution in [0.5, 0.6) is 0 Å². The summed E-state index contributed by atoms with van der Waals surface area (Å²) in [6, 6.07) is 2.25. The molecule has 0 aromatic heterocycles. The lowest BCUT2D eigenvalue weighted by molar-refractivity contribution is -0.0311. The summed E-state index contributed by atoms with van der Waals surface area (Å²) in [4.78, 5) is 0. The SMILES string of the molecule is CC(C)(C#N)COC1COC2=C(C=CCC2)C1. The molecule has 1 heterocycles. The van der Waals surface area contributed by atoms with Gasteiger partial charge < -0.3 is 9.47 Å². The predicted octanol–water partition coefficient (Wildman–Crippen LogP) is 2.95. The molecule has 2 aliphatic rings. The van der Waals surface area contributed by atoms with Crippen molar-refractivity contribution in [2.24, 2.45) is 5.41 Å². The highest BCUT2D eigenvalue weighted by Crippen LogP contribution is 2.29. The van der Waals surface area contributed by atoms with Crippen molar-refractivity contribution >= 4 is 0 Å². The molecule has 0 saturated heterocycles. The van der Waals surface area contributed by atoms with Crippen LogP contribution in [0.15, 0.2) is 23.5 Å². The van der Waals surface area contributed by atoms with Crippen LogP contribution in [-0.2, 0) is 9.47 Å². The molecule has 0 bridgehead atoms. The number of allylic oxidation sites excluding steroid dienone is 3. The van der Waals surface area contributed by atoms with Gasteiger partial charge in [0.2, 0.25) is 0 Å². The summed E-state index contributed by atoms with van der Waals surface area (Å²) in [5, 5.41) is 8.93. The molecule has 0 N–H and O–H groups in total. The predicted molar refractivity (Wildman–Crippen MR) is 65.1 cm³/mol. The van der Waals surface area contributed by atoms with E-state index in [-0.39, 0.29) is 6.10 Å². The van der Waals surface area contributed by atoms with E-state index in [2.05, 4.69) is 18.2 Å². The molecule has 0 fully saturated rings. The van der Waals surface area contributed by atoms with Gasteiger partial charge in [-0.05, 0) is 25.8 Å². The van der Waals surface area contributed by atoms with Gasteiger partial charge in [0.15, 0.2) is 0 Å². The van der Waals surface area contributed by atoms with Crippen molar-refractivity contribution in [2.75, 3.05) is 13.2 Å².